The Bertz CT molecular complexity index is 218. The molecule has 1 nitrogen and oxygen atoms in total. The topological polar surface area (TPSA) is 9.23 Å². The number of hydrogen-bond donors (Lipinski definition) is 0. The summed E-state index contributed by atoms with van der Waals surface area (Å²) in [5.41, 5.74) is 0. The number of benzene rings is 1. The van der Waals surface area contributed by atoms with E-state index in [9.17, 15) is 0 Å². The molecule has 58 valence electrons. The molecule has 1 rings (SSSR count). The molecule has 0 atom stereocenters. The van der Waals surface area contributed by atoms with E-state index in [2.05, 4.69) is 12.1 Å². The average molecular weight is 166 g/mol. The highest BCUT2D eigenvalue weighted by molar-refractivity contribution is 8.02. The third-order valence-electron chi connectivity index (χ3n) is 1.14. The largest absolute Gasteiger partial charge is 0.504 e. The fraction of sp³-hybridized carbons (Fsp3) is 0.111. The molecule has 0 fully saturated rings. The van der Waals surface area contributed by atoms with E-state index >= 15 is 0 Å². The molecule has 0 unspecified atom stereocenters. The standard InChI is InChI=1S/C9H10OS/c1-10-7-8-11-9-5-3-2-4-6-9/h2-8H,1H3. The smallest absolute Gasteiger partial charge is 0.0891 e. The lowest BCUT2D eigenvalue weighted by molar-refractivity contribution is 0.339. The molecule has 0 aliphatic heterocycles. The number of methoxy groups -OCH3 is 1. The zero-order chi connectivity index (χ0) is 7.94. The first-order valence-corrected chi connectivity index (χ1v) is 4.21. The van der Waals surface area contributed by atoms with Crippen LogP contribution in [0.1, 0.15) is 0 Å². The van der Waals surface area contributed by atoms with Crippen molar-refractivity contribution >= 4 is 11.8 Å². The summed E-state index contributed by atoms with van der Waals surface area (Å²) in [5.74, 6) is 0. The molecule has 1 aromatic carbocycles. The van der Waals surface area contributed by atoms with Crippen molar-refractivity contribution in [3.05, 3.63) is 42.0 Å². The molecule has 0 aliphatic carbocycles. The molecule has 0 N–H and O–H groups in total. The van der Waals surface area contributed by atoms with Crippen molar-refractivity contribution in [2.45, 2.75) is 4.90 Å². The van der Waals surface area contributed by atoms with Crippen LogP contribution in [0, 0.1) is 0 Å². The number of hydrogen-bond acceptors (Lipinski definition) is 2. The van der Waals surface area contributed by atoms with E-state index in [1.807, 2.05) is 23.6 Å². The Balaban J connectivity index is 2.45. The SMILES string of the molecule is COC=CSc1ccccc1. The van der Waals surface area contributed by atoms with Gasteiger partial charge in [-0.2, -0.15) is 0 Å². The maximum atomic E-state index is 4.76. The van der Waals surface area contributed by atoms with Crippen molar-refractivity contribution in [2.75, 3.05) is 7.11 Å². The van der Waals surface area contributed by atoms with Crippen molar-refractivity contribution in [1.82, 2.24) is 0 Å². The molecule has 0 amide bonds. The quantitative estimate of drug-likeness (QED) is 0.504. The molecule has 0 radical (unpaired) electrons. The highest BCUT2D eigenvalue weighted by Gasteiger charge is 1.84. The first kappa shape index (κ1) is 8.21. The fourth-order valence-corrected chi connectivity index (χ4v) is 1.30. The van der Waals surface area contributed by atoms with Crippen LogP contribution in [0.5, 0.6) is 0 Å². The summed E-state index contributed by atoms with van der Waals surface area (Å²) in [6.45, 7) is 0. The Labute approximate surface area is 71.1 Å². The van der Waals surface area contributed by atoms with Gasteiger partial charge in [-0.25, -0.2) is 0 Å². The summed E-state index contributed by atoms with van der Waals surface area (Å²) in [6, 6.07) is 10.2. The van der Waals surface area contributed by atoms with Crippen molar-refractivity contribution in [3.8, 4) is 0 Å². The lowest BCUT2D eigenvalue weighted by Gasteiger charge is -1.92. The molecule has 0 heterocycles. The van der Waals surface area contributed by atoms with Gasteiger partial charge >= 0.3 is 0 Å². The Hall–Kier alpha value is -0.890. The molecular formula is C9H10OS. The zero-order valence-electron chi connectivity index (χ0n) is 6.36. The molecule has 0 aliphatic rings. The average Bonchev–Trinajstić information content (AvgIpc) is 2.07. The Morgan fingerprint density at radius 3 is 2.64 bits per heavy atom. The first-order valence-electron chi connectivity index (χ1n) is 3.33. The van der Waals surface area contributed by atoms with Gasteiger partial charge in [0.25, 0.3) is 0 Å². The third-order valence-corrected chi connectivity index (χ3v) is 1.93. The summed E-state index contributed by atoms with van der Waals surface area (Å²) < 4.78 is 4.76. The summed E-state index contributed by atoms with van der Waals surface area (Å²) in [4.78, 5) is 1.22. The van der Waals surface area contributed by atoms with Gasteiger partial charge in [0.2, 0.25) is 0 Å². The van der Waals surface area contributed by atoms with Crippen LogP contribution >= 0.6 is 11.8 Å². The molecule has 2 heteroatoms. The molecule has 11 heavy (non-hydrogen) atoms. The molecular weight excluding hydrogens is 156 g/mol. The Kier molecular flexibility index (Phi) is 3.62. The predicted molar refractivity (Wildman–Crippen MR) is 48.4 cm³/mol. The van der Waals surface area contributed by atoms with E-state index in [1.165, 1.54) is 4.90 Å². The molecule has 1 aromatic rings. The van der Waals surface area contributed by atoms with E-state index in [1.54, 1.807) is 25.1 Å². The van der Waals surface area contributed by atoms with Crippen LogP contribution in [-0.2, 0) is 4.74 Å². The minimum atomic E-state index is 1.22. The van der Waals surface area contributed by atoms with Gasteiger partial charge in [-0.3, -0.25) is 0 Å². The van der Waals surface area contributed by atoms with Crippen molar-refractivity contribution in [2.24, 2.45) is 0 Å². The maximum Gasteiger partial charge on any atom is 0.0891 e. The summed E-state index contributed by atoms with van der Waals surface area (Å²) in [6.07, 6.45) is 1.66. The van der Waals surface area contributed by atoms with Crippen LogP contribution in [-0.4, -0.2) is 7.11 Å². The fourth-order valence-electron chi connectivity index (χ4n) is 0.661. The zero-order valence-corrected chi connectivity index (χ0v) is 7.17. The van der Waals surface area contributed by atoms with Gasteiger partial charge in [0.05, 0.1) is 13.4 Å². The van der Waals surface area contributed by atoms with Crippen LogP contribution in [0.2, 0.25) is 0 Å². The lowest BCUT2D eigenvalue weighted by Crippen LogP contribution is -1.65. The summed E-state index contributed by atoms with van der Waals surface area (Å²) in [5, 5.41) is 1.91. The van der Waals surface area contributed by atoms with Crippen LogP contribution in [0.25, 0.3) is 0 Å². The van der Waals surface area contributed by atoms with Gasteiger partial charge in [-0.1, -0.05) is 30.0 Å². The minimum Gasteiger partial charge on any atom is -0.504 e. The predicted octanol–water partition coefficient (Wildman–Crippen LogP) is 2.90. The van der Waals surface area contributed by atoms with Crippen LogP contribution in [0.4, 0.5) is 0 Å². The van der Waals surface area contributed by atoms with Gasteiger partial charge in [-0.15, -0.1) is 0 Å². The van der Waals surface area contributed by atoms with Gasteiger partial charge in [0, 0.05) is 10.3 Å². The summed E-state index contributed by atoms with van der Waals surface area (Å²) >= 11 is 1.64. The van der Waals surface area contributed by atoms with Gasteiger partial charge < -0.3 is 4.74 Å². The van der Waals surface area contributed by atoms with E-state index in [-0.39, 0.29) is 0 Å². The second-order valence-electron chi connectivity index (χ2n) is 1.94. The lowest BCUT2D eigenvalue weighted by atomic mass is 10.4. The maximum absolute atomic E-state index is 4.76. The third kappa shape index (κ3) is 3.14. The molecule has 0 bridgehead atoms. The van der Waals surface area contributed by atoms with E-state index in [4.69, 9.17) is 4.74 Å². The monoisotopic (exact) mass is 166 g/mol. The second kappa shape index (κ2) is 4.85. The highest BCUT2D eigenvalue weighted by atomic mass is 32.2. The van der Waals surface area contributed by atoms with E-state index in [0.29, 0.717) is 0 Å². The van der Waals surface area contributed by atoms with Gasteiger partial charge in [0.15, 0.2) is 0 Å². The Morgan fingerprint density at radius 2 is 2.00 bits per heavy atom. The van der Waals surface area contributed by atoms with Gasteiger partial charge in [0.1, 0.15) is 0 Å². The van der Waals surface area contributed by atoms with Crippen LogP contribution in [0.15, 0.2) is 46.9 Å². The van der Waals surface area contributed by atoms with Crippen molar-refractivity contribution in [1.29, 1.82) is 0 Å². The van der Waals surface area contributed by atoms with E-state index < -0.39 is 0 Å². The Morgan fingerprint density at radius 1 is 1.27 bits per heavy atom. The van der Waals surface area contributed by atoms with Crippen LogP contribution < -0.4 is 0 Å². The normalized spacial score (nSPS) is 10.3. The second-order valence-corrected chi connectivity index (χ2v) is 2.92. The van der Waals surface area contributed by atoms with Crippen LogP contribution in [0.3, 0.4) is 0 Å². The molecule has 0 saturated heterocycles. The highest BCUT2D eigenvalue weighted by Crippen LogP contribution is 2.17. The number of ether oxygens (including phenoxy) is 1. The number of rotatable bonds is 3. The molecule has 0 spiro atoms. The number of thioether (sulfide) groups is 1. The van der Waals surface area contributed by atoms with Crippen molar-refractivity contribution in [3.63, 3.8) is 0 Å². The van der Waals surface area contributed by atoms with E-state index in [0.717, 1.165) is 0 Å². The minimum absolute atomic E-state index is 1.22. The van der Waals surface area contributed by atoms with Crippen molar-refractivity contribution < 1.29 is 4.74 Å². The first-order chi connectivity index (χ1) is 5.43. The van der Waals surface area contributed by atoms with Gasteiger partial charge in [-0.05, 0) is 12.1 Å². The molecule has 0 saturated carbocycles. The summed E-state index contributed by atoms with van der Waals surface area (Å²) in [7, 11) is 1.64. The molecule has 0 aromatic heterocycles.